The largest absolute Gasteiger partial charge is 0.489 e. The molecule has 0 bridgehead atoms. The summed E-state index contributed by atoms with van der Waals surface area (Å²) in [4.78, 5) is 0. The number of nitrogens with two attached hydrogens (primary N) is 1. The molecule has 0 heterocycles. The van der Waals surface area contributed by atoms with E-state index in [1.165, 1.54) is 12.1 Å². The average molecular weight is 259 g/mol. The van der Waals surface area contributed by atoms with Crippen molar-refractivity contribution in [3.63, 3.8) is 0 Å². The van der Waals surface area contributed by atoms with Crippen LogP contribution in [0, 0.1) is 5.82 Å². The van der Waals surface area contributed by atoms with E-state index in [-0.39, 0.29) is 5.82 Å². The molecule has 0 unspecified atom stereocenters. The first-order chi connectivity index (χ1) is 9.29. The van der Waals surface area contributed by atoms with Crippen LogP contribution >= 0.6 is 0 Å². The maximum Gasteiger partial charge on any atom is 0.126 e. The number of benzene rings is 2. The summed E-state index contributed by atoms with van der Waals surface area (Å²) >= 11 is 0. The quantitative estimate of drug-likeness (QED) is 0.864. The smallest absolute Gasteiger partial charge is 0.126 e. The van der Waals surface area contributed by atoms with E-state index in [1.807, 2.05) is 30.3 Å². The number of hydrogen-bond donors (Lipinski definition) is 1. The second-order valence-corrected chi connectivity index (χ2v) is 4.42. The molecular formula is C16H18FNO. The molecule has 0 radical (unpaired) electrons. The van der Waals surface area contributed by atoms with Crippen LogP contribution in [0.3, 0.4) is 0 Å². The van der Waals surface area contributed by atoms with Crippen LogP contribution in [0.15, 0.2) is 48.5 Å². The molecule has 3 heteroatoms. The lowest BCUT2D eigenvalue weighted by Crippen LogP contribution is -2.03. The molecule has 2 aromatic carbocycles. The maximum atomic E-state index is 13.3. The van der Waals surface area contributed by atoms with Crippen molar-refractivity contribution in [2.24, 2.45) is 5.73 Å². The standard InChI is InChI=1S/C16H18FNO/c17-15-9-8-14(7-4-10-18)16(11-15)19-12-13-5-2-1-3-6-13/h1-3,5-6,8-9,11H,4,7,10,12,18H2. The van der Waals surface area contributed by atoms with Crippen molar-refractivity contribution in [3.05, 3.63) is 65.5 Å². The summed E-state index contributed by atoms with van der Waals surface area (Å²) < 4.78 is 19.0. The maximum absolute atomic E-state index is 13.3. The van der Waals surface area contributed by atoms with Gasteiger partial charge in [-0.05, 0) is 36.6 Å². The highest BCUT2D eigenvalue weighted by atomic mass is 19.1. The van der Waals surface area contributed by atoms with E-state index in [9.17, 15) is 4.39 Å². The van der Waals surface area contributed by atoms with Gasteiger partial charge in [0.1, 0.15) is 18.2 Å². The molecule has 2 nitrogen and oxygen atoms in total. The highest BCUT2D eigenvalue weighted by Gasteiger charge is 2.05. The van der Waals surface area contributed by atoms with E-state index < -0.39 is 0 Å². The van der Waals surface area contributed by atoms with Crippen LogP contribution in [0.1, 0.15) is 17.5 Å². The zero-order valence-corrected chi connectivity index (χ0v) is 10.8. The SMILES string of the molecule is NCCCc1ccc(F)cc1OCc1ccccc1. The van der Waals surface area contributed by atoms with Crippen LogP contribution in [-0.2, 0) is 13.0 Å². The van der Waals surface area contributed by atoms with E-state index >= 15 is 0 Å². The van der Waals surface area contributed by atoms with Crippen LogP contribution in [0.2, 0.25) is 0 Å². The van der Waals surface area contributed by atoms with Crippen molar-refractivity contribution in [3.8, 4) is 5.75 Å². The van der Waals surface area contributed by atoms with Gasteiger partial charge in [-0.15, -0.1) is 0 Å². The first-order valence-electron chi connectivity index (χ1n) is 6.45. The second-order valence-electron chi connectivity index (χ2n) is 4.42. The van der Waals surface area contributed by atoms with Gasteiger partial charge in [-0.2, -0.15) is 0 Å². The molecule has 0 aromatic heterocycles. The van der Waals surface area contributed by atoms with Crippen molar-refractivity contribution in [1.29, 1.82) is 0 Å². The van der Waals surface area contributed by atoms with Gasteiger partial charge in [-0.1, -0.05) is 36.4 Å². The van der Waals surface area contributed by atoms with Crippen molar-refractivity contribution < 1.29 is 9.13 Å². The molecule has 19 heavy (non-hydrogen) atoms. The molecule has 0 aliphatic heterocycles. The van der Waals surface area contributed by atoms with Crippen molar-refractivity contribution >= 4 is 0 Å². The fourth-order valence-corrected chi connectivity index (χ4v) is 1.90. The molecule has 2 N–H and O–H groups in total. The fourth-order valence-electron chi connectivity index (χ4n) is 1.90. The summed E-state index contributed by atoms with van der Waals surface area (Å²) in [5, 5.41) is 0. The third-order valence-electron chi connectivity index (χ3n) is 2.92. The lowest BCUT2D eigenvalue weighted by Gasteiger charge is -2.11. The summed E-state index contributed by atoms with van der Waals surface area (Å²) in [6, 6.07) is 14.5. The van der Waals surface area contributed by atoms with Crippen LogP contribution in [0.5, 0.6) is 5.75 Å². The molecule has 0 saturated carbocycles. The molecular weight excluding hydrogens is 241 g/mol. The summed E-state index contributed by atoms with van der Waals surface area (Å²) in [6.07, 6.45) is 1.67. The van der Waals surface area contributed by atoms with Gasteiger partial charge in [0.15, 0.2) is 0 Å². The molecule has 0 amide bonds. The van der Waals surface area contributed by atoms with Crippen molar-refractivity contribution in [2.45, 2.75) is 19.4 Å². The van der Waals surface area contributed by atoms with Gasteiger partial charge in [-0.3, -0.25) is 0 Å². The molecule has 0 spiro atoms. The monoisotopic (exact) mass is 259 g/mol. The number of hydrogen-bond acceptors (Lipinski definition) is 2. The van der Waals surface area contributed by atoms with Gasteiger partial charge in [-0.25, -0.2) is 4.39 Å². The van der Waals surface area contributed by atoms with Gasteiger partial charge < -0.3 is 10.5 Å². The zero-order chi connectivity index (χ0) is 13.5. The number of rotatable bonds is 6. The molecule has 0 fully saturated rings. The van der Waals surface area contributed by atoms with Crippen molar-refractivity contribution in [1.82, 2.24) is 0 Å². The second kappa shape index (κ2) is 6.90. The molecule has 2 rings (SSSR count). The minimum Gasteiger partial charge on any atom is -0.489 e. The van der Waals surface area contributed by atoms with Crippen LogP contribution in [0.25, 0.3) is 0 Å². The normalized spacial score (nSPS) is 10.4. The Morgan fingerprint density at radius 2 is 1.84 bits per heavy atom. The van der Waals surface area contributed by atoms with Gasteiger partial charge >= 0.3 is 0 Å². The third-order valence-corrected chi connectivity index (χ3v) is 2.92. The third kappa shape index (κ3) is 4.07. The minimum atomic E-state index is -0.278. The van der Waals surface area contributed by atoms with Gasteiger partial charge in [0, 0.05) is 6.07 Å². The lowest BCUT2D eigenvalue weighted by atomic mass is 10.1. The molecule has 100 valence electrons. The van der Waals surface area contributed by atoms with E-state index in [4.69, 9.17) is 10.5 Å². The van der Waals surface area contributed by atoms with Crippen LogP contribution in [-0.4, -0.2) is 6.54 Å². The topological polar surface area (TPSA) is 35.2 Å². The molecule has 2 aromatic rings. The van der Waals surface area contributed by atoms with E-state index in [0.717, 1.165) is 24.0 Å². The van der Waals surface area contributed by atoms with Gasteiger partial charge in [0.05, 0.1) is 0 Å². The van der Waals surface area contributed by atoms with E-state index in [1.54, 1.807) is 6.07 Å². The average Bonchev–Trinajstić information content (AvgIpc) is 2.45. The molecule has 0 atom stereocenters. The van der Waals surface area contributed by atoms with Crippen LogP contribution < -0.4 is 10.5 Å². The van der Waals surface area contributed by atoms with Crippen molar-refractivity contribution in [2.75, 3.05) is 6.54 Å². The van der Waals surface area contributed by atoms with Gasteiger partial charge in [0.2, 0.25) is 0 Å². The summed E-state index contributed by atoms with van der Waals surface area (Å²) in [6.45, 7) is 1.06. The Labute approximate surface area is 113 Å². The Hall–Kier alpha value is -1.87. The predicted octanol–water partition coefficient (Wildman–Crippen LogP) is 3.30. The first-order valence-corrected chi connectivity index (χ1v) is 6.45. The zero-order valence-electron chi connectivity index (χ0n) is 10.8. The van der Waals surface area contributed by atoms with E-state index in [0.29, 0.717) is 18.9 Å². The summed E-state index contributed by atoms with van der Waals surface area (Å²) in [5.41, 5.74) is 7.58. The molecule has 0 saturated heterocycles. The van der Waals surface area contributed by atoms with E-state index in [2.05, 4.69) is 0 Å². The number of ether oxygens (including phenoxy) is 1. The predicted molar refractivity (Wildman–Crippen MR) is 74.5 cm³/mol. The Morgan fingerprint density at radius 1 is 1.05 bits per heavy atom. The lowest BCUT2D eigenvalue weighted by molar-refractivity contribution is 0.301. The van der Waals surface area contributed by atoms with Crippen LogP contribution in [0.4, 0.5) is 4.39 Å². The summed E-state index contributed by atoms with van der Waals surface area (Å²) in [5.74, 6) is 0.330. The van der Waals surface area contributed by atoms with Gasteiger partial charge in [0.25, 0.3) is 0 Å². The number of halogens is 1. The Balaban J connectivity index is 2.07. The highest BCUT2D eigenvalue weighted by molar-refractivity contribution is 5.34. The fraction of sp³-hybridized carbons (Fsp3) is 0.250. The summed E-state index contributed by atoms with van der Waals surface area (Å²) in [7, 11) is 0. The molecule has 0 aliphatic rings. The minimum absolute atomic E-state index is 0.278. The Morgan fingerprint density at radius 3 is 2.58 bits per heavy atom. The first kappa shape index (κ1) is 13.6. The highest BCUT2D eigenvalue weighted by Crippen LogP contribution is 2.22. The molecule has 0 aliphatic carbocycles. The Kier molecular flexibility index (Phi) is 4.93. The Bertz CT molecular complexity index is 513. The number of aryl methyl sites for hydroxylation is 1.